The zero-order valence-corrected chi connectivity index (χ0v) is 10.3. The number of hydrogen-bond acceptors (Lipinski definition) is 4. The van der Waals surface area contributed by atoms with E-state index < -0.39 is 5.97 Å². The Morgan fingerprint density at radius 3 is 3.00 bits per heavy atom. The predicted octanol–water partition coefficient (Wildman–Crippen LogP) is 1.31. The molecule has 98 valence electrons. The zero-order valence-electron chi connectivity index (χ0n) is 10.3. The average molecular weight is 252 g/mol. The van der Waals surface area contributed by atoms with E-state index in [1.807, 2.05) is 0 Å². The SMILES string of the molecule is Cc1cnoc1C(=O)N1CCC(CCC(=O)O)C1. The molecule has 18 heavy (non-hydrogen) atoms. The van der Waals surface area contributed by atoms with Crippen LogP contribution in [-0.4, -0.2) is 40.1 Å². The summed E-state index contributed by atoms with van der Waals surface area (Å²) in [6.07, 6.45) is 3.15. The van der Waals surface area contributed by atoms with Gasteiger partial charge >= 0.3 is 5.97 Å². The second-order valence-electron chi connectivity index (χ2n) is 4.68. The van der Waals surface area contributed by atoms with E-state index in [-0.39, 0.29) is 24.0 Å². The third-order valence-electron chi connectivity index (χ3n) is 3.28. The largest absolute Gasteiger partial charge is 0.481 e. The second-order valence-corrected chi connectivity index (χ2v) is 4.68. The molecule has 1 atom stereocenters. The summed E-state index contributed by atoms with van der Waals surface area (Å²) in [4.78, 5) is 24.3. The lowest BCUT2D eigenvalue weighted by Gasteiger charge is -2.14. The molecule has 1 amide bonds. The summed E-state index contributed by atoms with van der Waals surface area (Å²) in [5.74, 6) is -0.379. The minimum Gasteiger partial charge on any atom is -0.481 e. The van der Waals surface area contributed by atoms with Crippen LogP contribution in [-0.2, 0) is 4.79 Å². The summed E-state index contributed by atoms with van der Waals surface area (Å²) in [7, 11) is 0. The normalized spacial score (nSPS) is 19.2. The van der Waals surface area contributed by atoms with Gasteiger partial charge in [-0.25, -0.2) is 0 Å². The topological polar surface area (TPSA) is 83.6 Å². The highest BCUT2D eigenvalue weighted by molar-refractivity contribution is 5.92. The van der Waals surface area contributed by atoms with Crippen molar-refractivity contribution < 1.29 is 19.2 Å². The number of aliphatic carboxylic acids is 1. The molecule has 0 aliphatic carbocycles. The van der Waals surface area contributed by atoms with Crippen molar-refractivity contribution in [1.82, 2.24) is 10.1 Å². The third kappa shape index (κ3) is 2.69. The van der Waals surface area contributed by atoms with Crippen molar-refractivity contribution in [3.63, 3.8) is 0 Å². The molecule has 0 aromatic carbocycles. The number of carboxylic acid groups (broad SMARTS) is 1. The van der Waals surface area contributed by atoms with Crippen LogP contribution in [0, 0.1) is 12.8 Å². The van der Waals surface area contributed by atoms with Crippen molar-refractivity contribution >= 4 is 11.9 Å². The molecule has 1 unspecified atom stereocenters. The highest BCUT2D eigenvalue weighted by Crippen LogP contribution is 2.23. The van der Waals surface area contributed by atoms with Crippen molar-refractivity contribution in [1.29, 1.82) is 0 Å². The summed E-state index contributed by atoms with van der Waals surface area (Å²) in [5.41, 5.74) is 0.731. The van der Waals surface area contributed by atoms with Crippen molar-refractivity contribution in [2.45, 2.75) is 26.2 Å². The Labute approximate surface area is 105 Å². The fourth-order valence-electron chi connectivity index (χ4n) is 2.22. The van der Waals surface area contributed by atoms with Gasteiger partial charge in [-0.2, -0.15) is 0 Å². The van der Waals surface area contributed by atoms with E-state index in [4.69, 9.17) is 9.63 Å². The standard InChI is InChI=1S/C12H16N2O4/c1-8-6-13-18-11(8)12(17)14-5-4-9(7-14)2-3-10(15)16/h6,9H,2-5,7H2,1H3,(H,15,16). The number of aryl methyl sites for hydroxylation is 1. The average Bonchev–Trinajstić information content (AvgIpc) is 2.94. The first kappa shape index (κ1) is 12.6. The zero-order chi connectivity index (χ0) is 13.1. The number of aromatic nitrogens is 1. The van der Waals surface area contributed by atoms with E-state index in [0.29, 0.717) is 19.5 Å². The Balaban J connectivity index is 1.91. The smallest absolute Gasteiger partial charge is 0.303 e. The third-order valence-corrected chi connectivity index (χ3v) is 3.28. The van der Waals surface area contributed by atoms with Crippen LogP contribution < -0.4 is 0 Å². The molecule has 0 spiro atoms. The van der Waals surface area contributed by atoms with Crippen LogP contribution in [0.2, 0.25) is 0 Å². The van der Waals surface area contributed by atoms with Gasteiger partial charge in [-0.3, -0.25) is 9.59 Å². The van der Waals surface area contributed by atoms with Crippen molar-refractivity contribution in [2.75, 3.05) is 13.1 Å². The van der Waals surface area contributed by atoms with Crippen molar-refractivity contribution in [3.8, 4) is 0 Å². The van der Waals surface area contributed by atoms with Gasteiger partial charge in [0.15, 0.2) is 0 Å². The maximum Gasteiger partial charge on any atom is 0.303 e. The van der Waals surface area contributed by atoms with Crippen LogP contribution in [0.4, 0.5) is 0 Å². The minimum absolute atomic E-state index is 0.150. The number of likely N-dealkylation sites (tertiary alicyclic amines) is 1. The Hall–Kier alpha value is -1.85. The van der Waals surface area contributed by atoms with E-state index >= 15 is 0 Å². The fourth-order valence-corrected chi connectivity index (χ4v) is 2.22. The maximum atomic E-state index is 12.1. The van der Waals surface area contributed by atoms with Gasteiger partial charge in [0, 0.05) is 25.1 Å². The first-order valence-electron chi connectivity index (χ1n) is 6.00. The van der Waals surface area contributed by atoms with Gasteiger partial charge in [-0.1, -0.05) is 5.16 Å². The Morgan fingerprint density at radius 2 is 2.39 bits per heavy atom. The number of carboxylic acids is 1. The molecule has 1 aromatic heterocycles. The van der Waals surface area contributed by atoms with E-state index in [2.05, 4.69) is 5.16 Å². The van der Waals surface area contributed by atoms with Crippen LogP contribution in [0.1, 0.15) is 35.4 Å². The number of nitrogens with zero attached hydrogens (tertiary/aromatic N) is 2. The van der Waals surface area contributed by atoms with Gasteiger partial charge in [0.25, 0.3) is 5.91 Å². The minimum atomic E-state index is -0.786. The van der Waals surface area contributed by atoms with Crippen molar-refractivity contribution in [3.05, 3.63) is 17.5 Å². The number of hydrogen-bond donors (Lipinski definition) is 1. The molecular weight excluding hydrogens is 236 g/mol. The highest BCUT2D eigenvalue weighted by Gasteiger charge is 2.29. The molecule has 1 aromatic rings. The molecule has 1 saturated heterocycles. The highest BCUT2D eigenvalue weighted by atomic mass is 16.5. The Morgan fingerprint density at radius 1 is 1.61 bits per heavy atom. The van der Waals surface area contributed by atoms with Crippen LogP contribution >= 0.6 is 0 Å². The number of amides is 1. The maximum absolute atomic E-state index is 12.1. The first-order chi connectivity index (χ1) is 8.58. The molecule has 1 aliphatic rings. The molecule has 1 aliphatic heterocycles. The van der Waals surface area contributed by atoms with Crippen LogP contribution in [0.3, 0.4) is 0 Å². The molecular formula is C12H16N2O4. The summed E-state index contributed by atoms with van der Waals surface area (Å²) in [6, 6.07) is 0. The molecule has 1 N–H and O–H groups in total. The van der Waals surface area contributed by atoms with Gasteiger partial charge in [-0.05, 0) is 25.7 Å². The van der Waals surface area contributed by atoms with E-state index in [1.54, 1.807) is 11.8 Å². The second kappa shape index (κ2) is 5.20. The van der Waals surface area contributed by atoms with Gasteiger partial charge in [0.05, 0.1) is 6.20 Å². The molecule has 2 heterocycles. The van der Waals surface area contributed by atoms with Gasteiger partial charge in [0.1, 0.15) is 0 Å². The summed E-state index contributed by atoms with van der Waals surface area (Å²) >= 11 is 0. The van der Waals surface area contributed by atoms with Crippen LogP contribution in [0.15, 0.2) is 10.7 Å². The molecule has 6 nitrogen and oxygen atoms in total. The summed E-state index contributed by atoms with van der Waals surface area (Å²) < 4.78 is 4.94. The molecule has 0 saturated carbocycles. The lowest BCUT2D eigenvalue weighted by Crippen LogP contribution is -2.28. The lowest BCUT2D eigenvalue weighted by molar-refractivity contribution is -0.137. The van der Waals surface area contributed by atoms with Crippen LogP contribution in [0.5, 0.6) is 0 Å². The number of carbonyl (C=O) groups excluding carboxylic acids is 1. The molecule has 1 fully saturated rings. The first-order valence-corrected chi connectivity index (χ1v) is 6.00. The monoisotopic (exact) mass is 252 g/mol. The van der Waals surface area contributed by atoms with E-state index in [0.717, 1.165) is 12.0 Å². The Kier molecular flexibility index (Phi) is 3.64. The predicted molar refractivity (Wildman–Crippen MR) is 62.1 cm³/mol. The van der Waals surface area contributed by atoms with Gasteiger partial charge in [-0.15, -0.1) is 0 Å². The summed E-state index contributed by atoms with van der Waals surface area (Å²) in [6.45, 7) is 3.04. The molecule has 2 rings (SSSR count). The van der Waals surface area contributed by atoms with E-state index in [9.17, 15) is 9.59 Å². The number of carbonyl (C=O) groups is 2. The number of rotatable bonds is 4. The van der Waals surface area contributed by atoms with Crippen LogP contribution in [0.25, 0.3) is 0 Å². The Bertz CT molecular complexity index is 455. The molecule has 0 radical (unpaired) electrons. The van der Waals surface area contributed by atoms with Crippen molar-refractivity contribution in [2.24, 2.45) is 5.92 Å². The van der Waals surface area contributed by atoms with E-state index in [1.165, 1.54) is 6.20 Å². The quantitative estimate of drug-likeness (QED) is 0.873. The molecule has 0 bridgehead atoms. The summed E-state index contributed by atoms with van der Waals surface area (Å²) in [5, 5.41) is 12.2. The fraction of sp³-hybridized carbons (Fsp3) is 0.583. The molecule has 6 heteroatoms. The lowest BCUT2D eigenvalue weighted by atomic mass is 10.0. The van der Waals surface area contributed by atoms with Gasteiger partial charge < -0.3 is 14.5 Å². The van der Waals surface area contributed by atoms with Gasteiger partial charge in [0.2, 0.25) is 5.76 Å².